The Morgan fingerprint density at radius 2 is 2.07 bits per heavy atom. The van der Waals surface area contributed by atoms with Crippen LogP contribution in [0.25, 0.3) is 11.0 Å². The van der Waals surface area contributed by atoms with E-state index < -0.39 is 0 Å². The highest BCUT2D eigenvalue weighted by atomic mass is 15.1. The van der Waals surface area contributed by atoms with E-state index in [-0.39, 0.29) is 0 Å². The maximum atomic E-state index is 4.60. The summed E-state index contributed by atoms with van der Waals surface area (Å²) in [5.74, 6) is 1.08. The standard InChI is InChI=1S/C12H17N3/c1-8-5-6-10-12(9(8)2)15(4)11(14-10)7-13-3/h5-6,13H,7H2,1-4H3. The number of nitrogens with one attached hydrogen (secondary N) is 1. The van der Waals surface area contributed by atoms with Crippen molar-refractivity contribution in [1.29, 1.82) is 0 Å². The SMILES string of the molecule is CNCc1nc2ccc(C)c(C)c2n1C. The lowest BCUT2D eigenvalue weighted by molar-refractivity contribution is 0.718. The van der Waals surface area contributed by atoms with Crippen LogP contribution in [-0.2, 0) is 13.6 Å². The third-order valence-electron chi connectivity index (χ3n) is 2.99. The van der Waals surface area contributed by atoms with Crippen molar-refractivity contribution in [2.45, 2.75) is 20.4 Å². The van der Waals surface area contributed by atoms with E-state index in [2.05, 4.69) is 47.9 Å². The van der Waals surface area contributed by atoms with Crippen LogP contribution < -0.4 is 5.32 Å². The summed E-state index contributed by atoms with van der Waals surface area (Å²) < 4.78 is 2.17. The van der Waals surface area contributed by atoms with Gasteiger partial charge in [-0.05, 0) is 38.1 Å². The Morgan fingerprint density at radius 1 is 1.33 bits per heavy atom. The molecule has 0 aliphatic rings. The Kier molecular flexibility index (Phi) is 2.49. The summed E-state index contributed by atoms with van der Waals surface area (Å²) in [6.45, 7) is 5.10. The van der Waals surface area contributed by atoms with Gasteiger partial charge in [0.15, 0.2) is 0 Å². The third kappa shape index (κ3) is 1.53. The molecule has 0 fully saturated rings. The fourth-order valence-electron chi connectivity index (χ4n) is 1.96. The topological polar surface area (TPSA) is 29.9 Å². The van der Waals surface area contributed by atoms with Gasteiger partial charge in [0.25, 0.3) is 0 Å². The molecule has 2 aromatic rings. The zero-order valence-electron chi connectivity index (χ0n) is 9.76. The molecule has 80 valence electrons. The number of fused-ring (bicyclic) bond motifs is 1. The van der Waals surface area contributed by atoms with Gasteiger partial charge in [-0.2, -0.15) is 0 Å². The minimum Gasteiger partial charge on any atom is -0.330 e. The summed E-state index contributed by atoms with van der Waals surface area (Å²) >= 11 is 0. The predicted molar refractivity (Wildman–Crippen MR) is 63.0 cm³/mol. The molecule has 0 saturated heterocycles. The van der Waals surface area contributed by atoms with E-state index in [1.165, 1.54) is 16.6 Å². The fourth-order valence-corrected chi connectivity index (χ4v) is 1.96. The average molecular weight is 203 g/mol. The second kappa shape index (κ2) is 3.66. The molecule has 1 aromatic heterocycles. The molecule has 3 nitrogen and oxygen atoms in total. The Bertz CT molecular complexity index is 497. The monoisotopic (exact) mass is 203 g/mol. The molecule has 1 aromatic carbocycles. The number of aryl methyl sites for hydroxylation is 3. The third-order valence-corrected chi connectivity index (χ3v) is 2.99. The van der Waals surface area contributed by atoms with Crippen molar-refractivity contribution in [3.63, 3.8) is 0 Å². The normalized spacial score (nSPS) is 11.2. The van der Waals surface area contributed by atoms with Gasteiger partial charge in [0, 0.05) is 7.05 Å². The Hall–Kier alpha value is -1.35. The second-order valence-electron chi connectivity index (χ2n) is 3.99. The van der Waals surface area contributed by atoms with Crippen molar-refractivity contribution < 1.29 is 0 Å². The highest BCUT2D eigenvalue weighted by Gasteiger charge is 2.09. The lowest BCUT2D eigenvalue weighted by Crippen LogP contribution is -2.10. The lowest BCUT2D eigenvalue weighted by Gasteiger charge is -2.05. The van der Waals surface area contributed by atoms with Crippen LogP contribution in [0.5, 0.6) is 0 Å². The molecule has 3 heteroatoms. The molecule has 0 aliphatic carbocycles. The van der Waals surface area contributed by atoms with Gasteiger partial charge in [-0.1, -0.05) is 6.07 Å². The molecular formula is C12H17N3. The molecule has 1 heterocycles. The Labute approximate surface area is 90.1 Å². The molecular weight excluding hydrogens is 186 g/mol. The number of hydrogen-bond donors (Lipinski definition) is 1. The van der Waals surface area contributed by atoms with Crippen molar-refractivity contribution in [2.75, 3.05) is 7.05 Å². The summed E-state index contributed by atoms with van der Waals surface area (Å²) in [7, 11) is 4.02. The molecule has 0 aliphatic heterocycles. The number of rotatable bonds is 2. The summed E-state index contributed by atoms with van der Waals surface area (Å²) in [5.41, 5.74) is 4.98. The van der Waals surface area contributed by atoms with Gasteiger partial charge in [0.05, 0.1) is 17.6 Å². The van der Waals surface area contributed by atoms with Crippen molar-refractivity contribution in [3.8, 4) is 0 Å². The first-order valence-corrected chi connectivity index (χ1v) is 5.21. The van der Waals surface area contributed by atoms with Crippen molar-refractivity contribution in [3.05, 3.63) is 29.1 Å². The molecule has 0 saturated carbocycles. The van der Waals surface area contributed by atoms with Crippen molar-refractivity contribution in [2.24, 2.45) is 7.05 Å². The van der Waals surface area contributed by atoms with E-state index in [4.69, 9.17) is 0 Å². The second-order valence-corrected chi connectivity index (χ2v) is 3.99. The van der Waals surface area contributed by atoms with Crippen LogP contribution in [0.2, 0.25) is 0 Å². The lowest BCUT2D eigenvalue weighted by atomic mass is 10.1. The molecule has 0 atom stereocenters. The Morgan fingerprint density at radius 3 is 2.73 bits per heavy atom. The number of hydrogen-bond acceptors (Lipinski definition) is 2. The van der Waals surface area contributed by atoms with Gasteiger partial charge in [-0.15, -0.1) is 0 Å². The van der Waals surface area contributed by atoms with Gasteiger partial charge in [-0.25, -0.2) is 4.98 Å². The Balaban J connectivity index is 2.72. The van der Waals surface area contributed by atoms with Crippen LogP contribution in [0.4, 0.5) is 0 Å². The maximum absolute atomic E-state index is 4.60. The van der Waals surface area contributed by atoms with E-state index in [1.54, 1.807) is 0 Å². The first-order chi connectivity index (χ1) is 7.15. The van der Waals surface area contributed by atoms with Crippen LogP contribution in [0.3, 0.4) is 0 Å². The zero-order chi connectivity index (χ0) is 11.0. The van der Waals surface area contributed by atoms with E-state index in [0.29, 0.717) is 0 Å². The molecule has 0 unspecified atom stereocenters. The van der Waals surface area contributed by atoms with Crippen LogP contribution in [0.15, 0.2) is 12.1 Å². The van der Waals surface area contributed by atoms with E-state index >= 15 is 0 Å². The van der Waals surface area contributed by atoms with Gasteiger partial charge in [-0.3, -0.25) is 0 Å². The predicted octanol–water partition coefficient (Wildman–Crippen LogP) is 1.91. The average Bonchev–Trinajstić information content (AvgIpc) is 2.52. The van der Waals surface area contributed by atoms with Gasteiger partial charge < -0.3 is 9.88 Å². The van der Waals surface area contributed by atoms with E-state index in [9.17, 15) is 0 Å². The van der Waals surface area contributed by atoms with Crippen LogP contribution >= 0.6 is 0 Å². The zero-order valence-corrected chi connectivity index (χ0v) is 9.76. The number of nitrogens with zero attached hydrogens (tertiary/aromatic N) is 2. The van der Waals surface area contributed by atoms with Gasteiger partial charge in [0.2, 0.25) is 0 Å². The minimum atomic E-state index is 0.809. The molecule has 1 N–H and O–H groups in total. The van der Waals surface area contributed by atoms with Crippen LogP contribution in [-0.4, -0.2) is 16.6 Å². The highest BCUT2D eigenvalue weighted by Crippen LogP contribution is 2.21. The molecule has 0 radical (unpaired) electrons. The molecule has 15 heavy (non-hydrogen) atoms. The van der Waals surface area contributed by atoms with Gasteiger partial charge >= 0.3 is 0 Å². The summed E-state index contributed by atoms with van der Waals surface area (Å²) in [6, 6.07) is 4.23. The van der Waals surface area contributed by atoms with Crippen LogP contribution in [0, 0.1) is 13.8 Å². The number of aromatic nitrogens is 2. The first kappa shape index (κ1) is 10.2. The van der Waals surface area contributed by atoms with Crippen molar-refractivity contribution >= 4 is 11.0 Å². The van der Waals surface area contributed by atoms with E-state index in [1.807, 2.05) is 7.05 Å². The number of benzene rings is 1. The largest absolute Gasteiger partial charge is 0.330 e. The fraction of sp³-hybridized carbons (Fsp3) is 0.417. The first-order valence-electron chi connectivity index (χ1n) is 5.21. The molecule has 2 rings (SSSR count). The highest BCUT2D eigenvalue weighted by molar-refractivity contribution is 5.80. The van der Waals surface area contributed by atoms with E-state index in [0.717, 1.165) is 17.9 Å². The quantitative estimate of drug-likeness (QED) is 0.808. The smallest absolute Gasteiger partial charge is 0.123 e. The summed E-state index contributed by atoms with van der Waals surface area (Å²) in [5, 5.41) is 3.14. The van der Waals surface area contributed by atoms with Gasteiger partial charge in [0.1, 0.15) is 5.82 Å². The molecule has 0 amide bonds. The molecule has 0 spiro atoms. The summed E-state index contributed by atoms with van der Waals surface area (Å²) in [4.78, 5) is 4.60. The van der Waals surface area contributed by atoms with Crippen molar-refractivity contribution in [1.82, 2.24) is 14.9 Å². The van der Waals surface area contributed by atoms with Crippen LogP contribution in [0.1, 0.15) is 17.0 Å². The summed E-state index contributed by atoms with van der Waals surface area (Å²) in [6.07, 6.45) is 0. The number of imidazole rings is 1. The maximum Gasteiger partial charge on any atom is 0.123 e. The molecule has 0 bridgehead atoms. The minimum absolute atomic E-state index is 0.809.